The Kier molecular flexibility index (Phi) is 5.28. The summed E-state index contributed by atoms with van der Waals surface area (Å²) < 4.78 is 4.93. The van der Waals surface area contributed by atoms with Gasteiger partial charge in [-0.3, -0.25) is 19.7 Å². The zero-order valence-electron chi connectivity index (χ0n) is 13.1. The first-order valence-electron chi connectivity index (χ1n) is 7.25. The van der Waals surface area contributed by atoms with Crippen molar-refractivity contribution >= 4 is 23.2 Å². The van der Waals surface area contributed by atoms with Crippen LogP contribution in [0.25, 0.3) is 0 Å². The minimum Gasteiger partial charge on any atom is -0.383 e. The van der Waals surface area contributed by atoms with E-state index in [0.717, 1.165) is 0 Å². The summed E-state index contributed by atoms with van der Waals surface area (Å²) in [5.74, 6) is -0.854. The van der Waals surface area contributed by atoms with Gasteiger partial charge in [0, 0.05) is 43.9 Å². The van der Waals surface area contributed by atoms with Crippen LogP contribution in [0.1, 0.15) is 12.0 Å². The van der Waals surface area contributed by atoms with Gasteiger partial charge in [-0.15, -0.1) is 0 Å². The van der Waals surface area contributed by atoms with Crippen LogP contribution in [0.15, 0.2) is 18.2 Å². The number of aryl methyl sites for hydroxylation is 1. The van der Waals surface area contributed by atoms with Crippen molar-refractivity contribution in [3.8, 4) is 0 Å². The lowest BCUT2D eigenvalue weighted by molar-refractivity contribution is -0.385. The summed E-state index contributed by atoms with van der Waals surface area (Å²) in [7, 11) is 1.55. The smallest absolute Gasteiger partial charge is 0.274 e. The monoisotopic (exact) mass is 321 g/mol. The summed E-state index contributed by atoms with van der Waals surface area (Å²) in [6, 6.07) is 4.52. The summed E-state index contributed by atoms with van der Waals surface area (Å²) >= 11 is 0. The maximum Gasteiger partial charge on any atom is 0.274 e. The van der Waals surface area contributed by atoms with Crippen molar-refractivity contribution in [2.75, 3.05) is 32.1 Å². The van der Waals surface area contributed by atoms with Crippen LogP contribution in [0.3, 0.4) is 0 Å². The van der Waals surface area contributed by atoms with Gasteiger partial charge in [0.25, 0.3) is 5.69 Å². The second kappa shape index (κ2) is 7.19. The van der Waals surface area contributed by atoms with Crippen LogP contribution in [0, 0.1) is 23.0 Å². The van der Waals surface area contributed by atoms with Gasteiger partial charge < -0.3 is 15.0 Å². The van der Waals surface area contributed by atoms with Gasteiger partial charge in [0.1, 0.15) is 0 Å². The van der Waals surface area contributed by atoms with E-state index in [2.05, 4.69) is 5.32 Å². The van der Waals surface area contributed by atoms with E-state index in [0.29, 0.717) is 30.9 Å². The quantitative estimate of drug-likeness (QED) is 0.629. The Balaban J connectivity index is 2.01. The molecule has 0 spiro atoms. The highest BCUT2D eigenvalue weighted by Crippen LogP contribution is 2.24. The number of nitro groups is 1. The van der Waals surface area contributed by atoms with Crippen LogP contribution in [-0.2, 0) is 14.3 Å². The number of anilines is 1. The molecule has 1 atom stereocenters. The van der Waals surface area contributed by atoms with Gasteiger partial charge in [0.15, 0.2) is 0 Å². The van der Waals surface area contributed by atoms with Gasteiger partial charge in [-0.25, -0.2) is 0 Å². The lowest BCUT2D eigenvalue weighted by Gasteiger charge is -2.15. The highest BCUT2D eigenvalue weighted by molar-refractivity contribution is 5.97. The number of amides is 2. The van der Waals surface area contributed by atoms with Crippen LogP contribution < -0.4 is 5.32 Å². The molecule has 1 fully saturated rings. The molecule has 8 nitrogen and oxygen atoms in total. The lowest BCUT2D eigenvalue weighted by Crippen LogP contribution is -2.30. The van der Waals surface area contributed by atoms with Gasteiger partial charge in [0.2, 0.25) is 11.8 Å². The number of carbonyl (C=O) groups is 2. The van der Waals surface area contributed by atoms with E-state index in [1.54, 1.807) is 31.1 Å². The Hall–Kier alpha value is -2.48. The number of nitrogens with one attached hydrogen (secondary N) is 1. The zero-order chi connectivity index (χ0) is 17.0. The number of hydrogen-bond donors (Lipinski definition) is 1. The molecule has 1 saturated heterocycles. The predicted octanol–water partition coefficient (Wildman–Crippen LogP) is 1.34. The molecule has 1 aliphatic rings. The summed E-state index contributed by atoms with van der Waals surface area (Å²) in [5.41, 5.74) is 0.830. The van der Waals surface area contributed by atoms with Crippen molar-refractivity contribution in [2.24, 2.45) is 5.92 Å². The zero-order valence-corrected chi connectivity index (χ0v) is 13.1. The van der Waals surface area contributed by atoms with E-state index < -0.39 is 10.8 Å². The third-order valence-corrected chi connectivity index (χ3v) is 3.82. The van der Waals surface area contributed by atoms with Crippen LogP contribution >= 0.6 is 0 Å². The Morgan fingerprint density at radius 1 is 1.52 bits per heavy atom. The number of rotatable bonds is 6. The number of ether oxygens (including phenoxy) is 1. The van der Waals surface area contributed by atoms with Crippen molar-refractivity contribution in [1.29, 1.82) is 0 Å². The van der Waals surface area contributed by atoms with Crippen molar-refractivity contribution in [1.82, 2.24) is 4.90 Å². The Bertz CT molecular complexity index is 632. The Labute approximate surface area is 133 Å². The molecule has 124 valence electrons. The summed E-state index contributed by atoms with van der Waals surface area (Å²) in [6.07, 6.45) is 0.142. The molecule has 0 aromatic heterocycles. The molecular weight excluding hydrogens is 302 g/mol. The molecule has 1 aromatic rings. The third-order valence-electron chi connectivity index (χ3n) is 3.82. The number of methoxy groups -OCH3 is 1. The predicted molar refractivity (Wildman–Crippen MR) is 83.0 cm³/mol. The van der Waals surface area contributed by atoms with Gasteiger partial charge in [-0.05, 0) is 13.0 Å². The fourth-order valence-corrected chi connectivity index (χ4v) is 2.49. The van der Waals surface area contributed by atoms with E-state index in [1.807, 2.05) is 0 Å². The maximum absolute atomic E-state index is 12.3. The van der Waals surface area contributed by atoms with Gasteiger partial charge in [0.05, 0.1) is 17.4 Å². The number of nitrogens with zero attached hydrogens (tertiary/aromatic N) is 2. The molecule has 1 heterocycles. The lowest BCUT2D eigenvalue weighted by atomic mass is 10.1. The molecule has 0 radical (unpaired) electrons. The molecule has 0 saturated carbocycles. The van der Waals surface area contributed by atoms with Crippen LogP contribution in [-0.4, -0.2) is 48.4 Å². The molecular formula is C15H19N3O5. The molecule has 0 unspecified atom stereocenters. The average Bonchev–Trinajstić information content (AvgIpc) is 2.88. The molecule has 0 bridgehead atoms. The highest BCUT2D eigenvalue weighted by atomic mass is 16.6. The topological polar surface area (TPSA) is 102 Å². The third kappa shape index (κ3) is 4.04. The minimum atomic E-state index is -0.490. The summed E-state index contributed by atoms with van der Waals surface area (Å²) in [5, 5.41) is 13.6. The molecule has 1 aromatic carbocycles. The molecule has 2 rings (SSSR count). The second-order valence-electron chi connectivity index (χ2n) is 5.48. The number of carbonyl (C=O) groups excluding carboxylic acids is 2. The van der Waals surface area contributed by atoms with Gasteiger partial charge in [-0.2, -0.15) is 0 Å². The Morgan fingerprint density at radius 2 is 2.26 bits per heavy atom. The van der Waals surface area contributed by atoms with E-state index >= 15 is 0 Å². The number of benzene rings is 1. The van der Waals surface area contributed by atoms with Gasteiger partial charge in [-0.1, -0.05) is 6.07 Å². The van der Waals surface area contributed by atoms with E-state index in [9.17, 15) is 19.7 Å². The molecule has 23 heavy (non-hydrogen) atoms. The number of hydrogen-bond acceptors (Lipinski definition) is 5. The molecule has 1 N–H and O–H groups in total. The van der Waals surface area contributed by atoms with E-state index in [4.69, 9.17) is 4.74 Å². The molecule has 0 aliphatic carbocycles. The standard InChI is InChI=1S/C15H19N3O5/c1-10-3-4-12(8-13(10)18(21)22)16-15(20)11-7-14(19)17(9-11)5-6-23-2/h3-4,8,11H,5-7,9H2,1-2H3,(H,16,20)/t11-/m1/s1. The average molecular weight is 321 g/mol. The van der Waals surface area contributed by atoms with E-state index in [-0.39, 0.29) is 23.9 Å². The van der Waals surface area contributed by atoms with E-state index in [1.165, 1.54) is 6.07 Å². The fourth-order valence-electron chi connectivity index (χ4n) is 2.49. The fraction of sp³-hybridized carbons (Fsp3) is 0.467. The summed E-state index contributed by atoms with van der Waals surface area (Å²) in [6.45, 7) is 2.84. The molecule has 2 amide bonds. The highest BCUT2D eigenvalue weighted by Gasteiger charge is 2.34. The first kappa shape index (κ1) is 16.9. The number of likely N-dealkylation sites (tertiary alicyclic amines) is 1. The first-order chi connectivity index (χ1) is 10.9. The Morgan fingerprint density at radius 3 is 2.91 bits per heavy atom. The largest absolute Gasteiger partial charge is 0.383 e. The maximum atomic E-state index is 12.3. The van der Waals surface area contributed by atoms with Crippen LogP contribution in [0.4, 0.5) is 11.4 Å². The van der Waals surface area contributed by atoms with Crippen molar-refractivity contribution in [3.63, 3.8) is 0 Å². The summed E-state index contributed by atoms with van der Waals surface area (Å²) in [4.78, 5) is 36.1. The van der Waals surface area contributed by atoms with Crippen molar-refractivity contribution < 1.29 is 19.2 Å². The van der Waals surface area contributed by atoms with Gasteiger partial charge >= 0.3 is 0 Å². The molecule has 8 heteroatoms. The van der Waals surface area contributed by atoms with Crippen molar-refractivity contribution in [2.45, 2.75) is 13.3 Å². The van der Waals surface area contributed by atoms with Crippen molar-refractivity contribution in [3.05, 3.63) is 33.9 Å². The molecule has 1 aliphatic heterocycles. The number of nitro benzene ring substituents is 1. The normalized spacial score (nSPS) is 17.4. The van der Waals surface area contributed by atoms with Crippen LogP contribution in [0.5, 0.6) is 0 Å². The minimum absolute atomic E-state index is 0.0491. The van der Waals surface area contributed by atoms with Crippen LogP contribution in [0.2, 0.25) is 0 Å². The SMILES string of the molecule is COCCN1C[C@H](C(=O)Nc2ccc(C)c([N+](=O)[O-])c2)CC1=O. The second-order valence-corrected chi connectivity index (χ2v) is 5.48. The first-order valence-corrected chi connectivity index (χ1v) is 7.25.